The van der Waals surface area contributed by atoms with Crippen LogP contribution >= 0.6 is 23.2 Å². The van der Waals surface area contributed by atoms with E-state index in [2.05, 4.69) is 12.0 Å². The number of nitrogens with zero attached hydrogens (tertiary/aromatic N) is 3. The van der Waals surface area contributed by atoms with Crippen LogP contribution in [0.25, 0.3) is 22.0 Å². The molecule has 152 valence electrons. The number of carbonyl (C=O) groups excluding carboxylic acids is 1. The second-order valence-electron chi connectivity index (χ2n) is 7.51. The number of ether oxygens (including phenoxy) is 1. The van der Waals surface area contributed by atoms with E-state index in [1.54, 1.807) is 28.8 Å². The molecule has 29 heavy (non-hydrogen) atoms. The topological polar surface area (TPSA) is 47.4 Å². The first kappa shape index (κ1) is 20.0. The number of fused-ring (bicyclic) bond motifs is 1. The van der Waals surface area contributed by atoms with Gasteiger partial charge in [-0.15, -0.1) is 0 Å². The van der Waals surface area contributed by atoms with Gasteiger partial charge in [0.05, 0.1) is 5.39 Å². The number of halogens is 2. The summed E-state index contributed by atoms with van der Waals surface area (Å²) < 4.78 is 7.42. The van der Waals surface area contributed by atoms with E-state index in [1.165, 1.54) is 12.8 Å². The van der Waals surface area contributed by atoms with Gasteiger partial charge in [-0.2, -0.15) is 5.10 Å². The van der Waals surface area contributed by atoms with Gasteiger partial charge in [0.2, 0.25) is 5.88 Å². The third kappa shape index (κ3) is 4.21. The van der Waals surface area contributed by atoms with E-state index in [0.717, 1.165) is 35.0 Å². The van der Waals surface area contributed by atoms with Gasteiger partial charge in [0.1, 0.15) is 5.52 Å². The Morgan fingerprint density at radius 3 is 2.72 bits per heavy atom. The molecule has 1 fully saturated rings. The lowest BCUT2D eigenvalue weighted by atomic mass is 10.0. The Morgan fingerprint density at radius 1 is 1.24 bits per heavy atom. The van der Waals surface area contributed by atoms with Crippen molar-refractivity contribution in [3.8, 4) is 17.0 Å². The molecule has 0 saturated heterocycles. The zero-order valence-corrected chi connectivity index (χ0v) is 18.0. The molecule has 1 amide bonds. The number of rotatable bonds is 6. The number of amides is 1. The monoisotopic (exact) mass is 431 g/mol. The minimum atomic E-state index is -0.321. The van der Waals surface area contributed by atoms with Crippen molar-refractivity contribution in [1.29, 1.82) is 0 Å². The van der Waals surface area contributed by atoms with Crippen molar-refractivity contribution in [3.63, 3.8) is 0 Å². The van der Waals surface area contributed by atoms with Crippen molar-refractivity contribution in [3.05, 3.63) is 46.4 Å². The molecule has 1 aliphatic carbocycles. The van der Waals surface area contributed by atoms with E-state index in [9.17, 15) is 4.79 Å². The van der Waals surface area contributed by atoms with Crippen molar-refractivity contribution in [2.45, 2.75) is 26.2 Å². The first-order valence-corrected chi connectivity index (χ1v) is 10.6. The Kier molecular flexibility index (Phi) is 5.70. The van der Waals surface area contributed by atoms with Crippen LogP contribution in [0.1, 0.15) is 26.2 Å². The van der Waals surface area contributed by atoms with Gasteiger partial charge < -0.3 is 9.64 Å². The molecule has 2 aromatic carbocycles. The van der Waals surface area contributed by atoms with Gasteiger partial charge in [-0.3, -0.25) is 0 Å². The number of carbonyl (C=O) groups is 1. The molecule has 7 heteroatoms. The minimum Gasteiger partial charge on any atom is -0.391 e. The van der Waals surface area contributed by atoms with Crippen LogP contribution in [0.5, 0.6) is 5.88 Å². The zero-order chi connectivity index (χ0) is 20.5. The Bertz CT molecular complexity index is 1060. The van der Waals surface area contributed by atoms with Crippen molar-refractivity contribution < 1.29 is 9.53 Å². The molecular formula is C22H23Cl2N3O2. The molecule has 0 spiro atoms. The average Bonchev–Trinajstić information content (AvgIpc) is 3.45. The number of hydrogen-bond donors (Lipinski definition) is 0. The largest absolute Gasteiger partial charge is 0.416 e. The van der Waals surface area contributed by atoms with Crippen molar-refractivity contribution in [2.75, 3.05) is 13.1 Å². The van der Waals surface area contributed by atoms with Gasteiger partial charge in [-0.25, -0.2) is 9.48 Å². The lowest BCUT2D eigenvalue weighted by Crippen LogP contribution is -2.36. The van der Waals surface area contributed by atoms with Crippen LogP contribution in [0.3, 0.4) is 0 Å². The summed E-state index contributed by atoms with van der Waals surface area (Å²) in [5.74, 6) is 1.05. The molecule has 5 nitrogen and oxygen atoms in total. The van der Waals surface area contributed by atoms with Gasteiger partial charge in [-0.05, 0) is 43.4 Å². The van der Waals surface area contributed by atoms with Crippen LogP contribution in [-0.4, -0.2) is 33.9 Å². The quantitative estimate of drug-likeness (QED) is 0.468. The molecule has 1 saturated carbocycles. The van der Waals surface area contributed by atoms with Crippen molar-refractivity contribution in [1.82, 2.24) is 14.7 Å². The average molecular weight is 432 g/mol. The molecule has 4 rings (SSSR count). The lowest BCUT2D eigenvalue weighted by Gasteiger charge is -2.21. The highest BCUT2D eigenvalue weighted by molar-refractivity contribution is 6.36. The predicted molar refractivity (Wildman–Crippen MR) is 117 cm³/mol. The van der Waals surface area contributed by atoms with Gasteiger partial charge >= 0.3 is 6.09 Å². The summed E-state index contributed by atoms with van der Waals surface area (Å²) in [4.78, 5) is 14.6. The van der Waals surface area contributed by atoms with E-state index in [0.29, 0.717) is 28.4 Å². The summed E-state index contributed by atoms with van der Waals surface area (Å²) in [6, 6.07) is 11.2. The lowest BCUT2D eigenvalue weighted by molar-refractivity contribution is 0.147. The Morgan fingerprint density at radius 2 is 2.03 bits per heavy atom. The van der Waals surface area contributed by atoms with Crippen LogP contribution in [0, 0.1) is 5.92 Å². The second kappa shape index (κ2) is 8.25. The van der Waals surface area contributed by atoms with E-state index < -0.39 is 0 Å². The highest BCUT2D eigenvalue weighted by Crippen LogP contribution is 2.37. The fraction of sp³-hybridized carbons (Fsp3) is 0.364. The summed E-state index contributed by atoms with van der Waals surface area (Å²) in [7, 11) is 1.78. The number of aromatic nitrogens is 2. The maximum Gasteiger partial charge on any atom is 0.416 e. The van der Waals surface area contributed by atoms with E-state index in [4.69, 9.17) is 27.9 Å². The van der Waals surface area contributed by atoms with Crippen LogP contribution in [0.15, 0.2) is 36.4 Å². The van der Waals surface area contributed by atoms with E-state index >= 15 is 0 Å². The van der Waals surface area contributed by atoms with Gasteiger partial charge in [0, 0.05) is 41.3 Å². The molecule has 1 heterocycles. The van der Waals surface area contributed by atoms with Crippen LogP contribution < -0.4 is 4.74 Å². The predicted octanol–water partition coefficient (Wildman–Crippen LogP) is 6.17. The summed E-state index contributed by atoms with van der Waals surface area (Å²) in [5, 5.41) is 6.51. The Balaban J connectivity index is 1.69. The fourth-order valence-electron chi connectivity index (χ4n) is 3.53. The maximum absolute atomic E-state index is 12.8. The van der Waals surface area contributed by atoms with Gasteiger partial charge in [0.25, 0.3) is 0 Å². The second-order valence-corrected chi connectivity index (χ2v) is 8.36. The summed E-state index contributed by atoms with van der Waals surface area (Å²) in [6.07, 6.45) is 2.95. The highest BCUT2D eigenvalue weighted by Gasteiger charge is 2.28. The van der Waals surface area contributed by atoms with Gasteiger partial charge in [0.15, 0.2) is 0 Å². The summed E-state index contributed by atoms with van der Waals surface area (Å²) in [6.45, 7) is 3.51. The van der Waals surface area contributed by atoms with Crippen LogP contribution in [-0.2, 0) is 7.05 Å². The molecule has 0 atom stereocenters. The molecule has 0 radical (unpaired) electrons. The van der Waals surface area contributed by atoms with E-state index in [1.807, 2.05) is 24.3 Å². The third-order valence-electron chi connectivity index (χ3n) is 5.14. The highest BCUT2D eigenvalue weighted by atomic mass is 35.5. The zero-order valence-electron chi connectivity index (χ0n) is 16.5. The standard InChI is InChI=1S/C22H23Cl2N3O2/c1-3-11-27(13-14-7-8-14)22(28)29-21-18-6-4-5-17(20(18)25-26(21)2)16-10-9-15(23)12-19(16)24/h4-6,9-10,12,14H,3,7-8,11,13H2,1-2H3. The first-order valence-electron chi connectivity index (χ1n) is 9.85. The smallest absolute Gasteiger partial charge is 0.391 e. The maximum atomic E-state index is 12.8. The summed E-state index contributed by atoms with van der Waals surface area (Å²) >= 11 is 12.5. The number of hydrogen-bond acceptors (Lipinski definition) is 3. The molecule has 0 bridgehead atoms. The van der Waals surface area contributed by atoms with Gasteiger partial charge in [-0.1, -0.05) is 48.3 Å². The normalized spacial score (nSPS) is 13.7. The Labute approximate surface area is 180 Å². The SMILES string of the molecule is CCCN(CC1CC1)C(=O)Oc1c2cccc(-c3ccc(Cl)cc3Cl)c2nn1C. The minimum absolute atomic E-state index is 0.321. The van der Waals surface area contributed by atoms with E-state index in [-0.39, 0.29) is 6.09 Å². The van der Waals surface area contributed by atoms with Crippen LogP contribution in [0.4, 0.5) is 4.79 Å². The number of benzene rings is 2. The fourth-order valence-corrected chi connectivity index (χ4v) is 4.04. The van der Waals surface area contributed by atoms with Crippen LogP contribution in [0.2, 0.25) is 10.0 Å². The first-order chi connectivity index (χ1) is 14.0. The molecule has 1 aliphatic rings. The van der Waals surface area contributed by atoms with Crippen molar-refractivity contribution >= 4 is 40.2 Å². The van der Waals surface area contributed by atoms with Crippen molar-refractivity contribution in [2.24, 2.45) is 13.0 Å². The third-order valence-corrected chi connectivity index (χ3v) is 5.69. The molecule has 3 aromatic rings. The Hall–Kier alpha value is -2.24. The molecule has 1 aromatic heterocycles. The molecule has 0 unspecified atom stereocenters. The molecule has 0 aliphatic heterocycles. The molecule has 0 N–H and O–H groups in total. The number of aryl methyl sites for hydroxylation is 1. The molecular weight excluding hydrogens is 409 g/mol. The summed E-state index contributed by atoms with van der Waals surface area (Å²) in [5.41, 5.74) is 2.43.